The molecule has 3 aromatic rings. The van der Waals surface area contributed by atoms with Gasteiger partial charge in [0, 0.05) is 6.20 Å². The summed E-state index contributed by atoms with van der Waals surface area (Å²) in [6.45, 7) is 4.16. The van der Waals surface area contributed by atoms with Crippen molar-refractivity contribution < 1.29 is 19.3 Å². The van der Waals surface area contributed by atoms with Gasteiger partial charge in [-0.2, -0.15) is 4.98 Å². The minimum absolute atomic E-state index is 0.173. The van der Waals surface area contributed by atoms with Crippen molar-refractivity contribution >= 4 is 0 Å². The Morgan fingerprint density at radius 2 is 1.67 bits per heavy atom. The van der Waals surface area contributed by atoms with Gasteiger partial charge in [-0.15, -0.1) is 0 Å². The van der Waals surface area contributed by atoms with Crippen LogP contribution in [0.2, 0.25) is 0 Å². The molecular formula is C24H28N2O4. The van der Waals surface area contributed by atoms with Crippen LogP contribution >= 0.6 is 0 Å². The van der Waals surface area contributed by atoms with E-state index >= 15 is 0 Å². The van der Waals surface area contributed by atoms with Crippen LogP contribution < -0.4 is 14.2 Å². The third-order valence-electron chi connectivity index (χ3n) is 5.24. The number of aliphatic hydroxyl groups excluding tert-OH is 1. The second kappa shape index (κ2) is 9.59. The highest BCUT2D eigenvalue weighted by molar-refractivity contribution is 5.48. The molecule has 2 aromatic carbocycles. The normalized spacial score (nSPS) is 12.9. The molecule has 30 heavy (non-hydrogen) atoms. The monoisotopic (exact) mass is 408 g/mol. The summed E-state index contributed by atoms with van der Waals surface area (Å²) in [7, 11) is 4.62. The number of nitrogens with zero attached hydrogens (tertiary/aromatic N) is 2. The van der Waals surface area contributed by atoms with Crippen molar-refractivity contribution in [3.05, 3.63) is 76.5 Å². The molecule has 0 saturated heterocycles. The third-order valence-corrected chi connectivity index (χ3v) is 5.24. The predicted molar refractivity (Wildman–Crippen MR) is 115 cm³/mol. The Bertz CT molecular complexity index is 992. The Balaban J connectivity index is 2.06. The van der Waals surface area contributed by atoms with Gasteiger partial charge in [0.2, 0.25) is 5.88 Å². The maximum atomic E-state index is 11.3. The summed E-state index contributed by atoms with van der Waals surface area (Å²) < 4.78 is 16.0. The molecule has 6 heteroatoms. The van der Waals surface area contributed by atoms with E-state index in [9.17, 15) is 5.11 Å². The van der Waals surface area contributed by atoms with Crippen molar-refractivity contribution in [3.63, 3.8) is 0 Å². The number of benzene rings is 2. The summed E-state index contributed by atoms with van der Waals surface area (Å²) in [5.74, 6) is 1.16. The highest BCUT2D eigenvalue weighted by atomic mass is 16.5. The van der Waals surface area contributed by atoms with Crippen molar-refractivity contribution in [2.45, 2.75) is 32.3 Å². The molecule has 0 radical (unpaired) electrons. The summed E-state index contributed by atoms with van der Waals surface area (Å²) in [5, 5.41) is 11.3. The SMILES string of the molecule is COc1ncc(C(O)c2cc(OC)c(C)cc2C(C)Cc2ccccc2)c(OC)n1. The van der Waals surface area contributed by atoms with Crippen LogP contribution in [-0.4, -0.2) is 36.4 Å². The maximum Gasteiger partial charge on any atom is 0.319 e. The van der Waals surface area contributed by atoms with Crippen LogP contribution in [0.1, 0.15) is 46.8 Å². The molecule has 3 rings (SSSR count). The molecule has 2 unspecified atom stereocenters. The Morgan fingerprint density at radius 3 is 2.30 bits per heavy atom. The van der Waals surface area contributed by atoms with E-state index in [0.29, 0.717) is 11.3 Å². The highest BCUT2D eigenvalue weighted by Crippen LogP contribution is 2.38. The van der Waals surface area contributed by atoms with E-state index in [2.05, 4.69) is 35.1 Å². The van der Waals surface area contributed by atoms with Gasteiger partial charge in [-0.25, -0.2) is 4.98 Å². The number of aryl methyl sites for hydroxylation is 1. The molecule has 0 amide bonds. The van der Waals surface area contributed by atoms with Gasteiger partial charge in [-0.3, -0.25) is 0 Å². The Hall–Kier alpha value is -3.12. The molecule has 158 valence electrons. The van der Waals surface area contributed by atoms with Crippen molar-refractivity contribution in [2.75, 3.05) is 21.3 Å². The van der Waals surface area contributed by atoms with E-state index in [1.54, 1.807) is 7.11 Å². The molecular weight excluding hydrogens is 380 g/mol. The zero-order valence-corrected chi connectivity index (χ0v) is 18.0. The van der Waals surface area contributed by atoms with E-state index in [4.69, 9.17) is 14.2 Å². The smallest absolute Gasteiger partial charge is 0.319 e. The van der Waals surface area contributed by atoms with Gasteiger partial charge >= 0.3 is 6.01 Å². The van der Waals surface area contributed by atoms with Crippen LogP contribution in [0.5, 0.6) is 17.6 Å². The van der Waals surface area contributed by atoms with Crippen LogP contribution in [0.25, 0.3) is 0 Å². The summed E-state index contributed by atoms with van der Waals surface area (Å²) in [6.07, 6.45) is 1.41. The molecule has 0 saturated carbocycles. The molecule has 2 atom stereocenters. The van der Waals surface area contributed by atoms with Gasteiger partial charge in [0.1, 0.15) is 11.9 Å². The lowest BCUT2D eigenvalue weighted by Crippen LogP contribution is -2.11. The maximum absolute atomic E-state index is 11.3. The number of ether oxygens (including phenoxy) is 3. The molecule has 6 nitrogen and oxygen atoms in total. The third kappa shape index (κ3) is 4.54. The first-order valence-corrected chi connectivity index (χ1v) is 9.83. The van der Waals surface area contributed by atoms with Gasteiger partial charge in [-0.1, -0.05) is 43.3 Å². The summed E-state index contributed by atoms with van der Waals surface area (Å²) in [6, 6.07) is 14.5. The summed E-state index contributed by atoms with van der Waals surface area (Å²) in [4.78, 5) is 8.36. The van der Waals surface area contributed by atoms with E-state index in [0.717, 1.165) is 23.1 Å². The second-order valence-corrected chi connectivity index (χ2v) is 7.27. The van der Waals surface area contributed by atoms with E-state index in [1.165, 1.54) is 26.0 Å². The Labute approximate surface area is 177 Å². The quantitative estimate of drug-likeness (QED) is 0.601. The molecule has 0 spiro atoms. The first-order valence-electron chi connectivity index (χ1n) is 9.83. The Morgan fingerprint density at radius 1 is 0.933 bits per heavy atom. The number of hydrogen-bond donors (Lipinski definition) is 1. The standard InChI is InChI=1S/C24H28N2O4/c1-15(11-17-9-7-6-8-10-17)18-12-16(2)21(28-3)13-19(18)22(27)20-14-25-24(30-5)26-23(20)29-4/h6-10,12-15,22,27H,11H2,1-5H3. The van der Waals surface area contributed by atoms with Crippen LogP contribution in [0.3, 0.4) is 0 Å². The number of methoxy groups -OCH3 is 3. The molecule has 1 N–H and O–H groups in total. The fourth-order valence-electron chi connectivity index (χ4n) is 3.66. The molecule has 0 aliphatic heterocycles. The number of rotatable bonds is 8. The van der Waals surface area contributed by atoms with E-state index in [-0.39, 0.29) is 17.8 Å². The molecule has 0 aliphatic rings. The molecule has 0 fully saturated rings. The largest absolute Gasteiger partial charge is 0.496 e. The highest BCUT2D eigenvalue weighted by Gasteiger charge is 2.24. The van der Waals surface area contributed by atoms with Gasteiger partial charge < -0.3 is 19.3 Å². The zero-order valence-electron chi connectivity index (χ0n) is 18.0. The fraction of sp³-hybridized carbons (Fsp3) is 0.333. The van der Waals surface area contributed by atoms with Crippen LogP contribution in [0.4, 0.5) is 0 Å². The zero-order chi connectivity index (χ0) is 21.7. The first kappa shape index (κ1) is 21.6. The second-order valence-electron chi connectivity index (χ2n) is 7.27. The fourth-order valence-corrected chi connectivity index (χ4v) is 3.66. The minimum atomic E-state index is -0.978. The summed E-state index contributed by atoms with van der Waals surface area (Å²) in [5.41, 5.74) is 4.51. The van der Waals surface area contributed by atoms with E-state index in [1.807, 2.05) is 31.2 Å². The Kier molecular flexibility index (Phi) is 6.90. The molecule has 0 bridgehead atoms. The minimum Gasteiger partial charge on any atom is -0.496 e. The lowest BCUT2D eigenvalue weighted by Gasteiger charge is -2.23. The lowest BCUT2D eigenvalue weighted by molar-refractivity contribution is 0.209. The van der Waals surface area contributed by atoms with Crippen LogP contribution in [0, 0.1) is 6.92 Å². The molecule has 1 heterocycles. The van der Waals surface area contributed by atoms with Crippen molar-refractivity contribution in [1.82, 2.24) is 9.97 Å². The molecule has 1 aromatic heterocycles. The molecule has 0 aliphatic carbocycles. The van der Waals surface area contributed by atoms with Gasteiger partial charge in [0.25, 0.3) is 0 Å². The van der Waals surface area contributed by atoms with Gasteiger partial charge in [0.15, 0.2) is 0 Å². The topological polar surface area (TPSA) is 73.7 Å². The van der Waals surface area contributed by atoms with Crippen LogP contribution in [-0.2, 0) is 6.42 Å². The number of hydrogen-bond acceptors (Lipinski definition) is 6. The van der Waals surface area contributed by atoms with Crippen LogP contribution in [0.15, 0.2) is 48.7 Å². The number of aromatic nitrogens is 2. The van der Waals surface area contributed by atoms with Gasteiger partial charge in [-0.05, 0) is 47.6 Å². The number of aliphatic hydroxyl groups is 1. The van der Waals surface area contributed by atoms with Crippen molar-refractivity contribution in [3.8, 4) is 17.6 Å². The predicted octanol–water partition coefficient (Wildman–Crippen LogP) is 4.24. The van der Waals surface area contributed by atoms with Gasteiger partial charge in [0.05, 0.1) is 26.9 Å². The summed E-state index contributed by atoms with van der Waals surface area (Å²) >= 11 is 0. The average Bonchev–Trinajstić information content (AvgIpc) is 2.78. The lowest BCUT2D eigenvalue weighted by atomic mass is 9.86. The van der Waals surface area contributed by atoms with Crippen molar-refractivity contribution in [2.24, 2.45) is 0 Å². The first-order chi connectivity index (χ1) is 14.5. The van der Waals surface area contributed by atoms with E-state index < -0.39 is 6.10 Å². The van der Waals surface area contributed by atoms with Crippen molar-refractivity contribution in [1.29, 1.82) is 0 Å². The average molecular weight is 408 g/mol.